The van der Waals surface area contributed by atoms with Gasteiger partial charge in [0.05, 0.1) is 28.0 Å². The molecule has 1 aliphatic rings. The lowest BCUT2D eigenvalue weighted by atomic mass is 10.0. The number of aromatic nitrogens is 1. The SMILES string of the molecule is CC(C)C1=NC(CN(C)C(=O)NCC(=O)NCCC[C@@H](Cc2ccccc2)NC(=O)OCc2cncs2)CS1. The van der Waals surface area contributed by atoms with Crippen LogP contribution < -0.4 is 16.0 Å². The van der Waals surface area contributed by atoms with Gasteiger partial charge in [-0.2, -0.15) is 0 Å². The number of urea groups is 1. The van der Waals surface area contributed by atoms with Crippen molar-refractivity contribution in [1.82, 2.24) is 25.8 Å². The van der Waals surface area contributed by atoms with Crippen LogP contribution in [0.25, 0.3) is 0 Å². The first-order chi connectivity index (χ1) is 18.8. The molecule has 1 unspecified atom stereocenters. The zero-order valence-electron chi connectivity index (χ0n) is 22.7. The van der Waals surface area contributed by atoms with Gasteiger partial charge in [-0.1, -0.05) is 44.2 Å². The van der Waals surface area contributed by atoms with E-state index in [9.17, 15) is 14.4 Å². The van der Waals surface area contributed by atoms with Crippen LogP contribution in [0.15, 0.2) is 47.0 Å². The number of rotatable bonds is 14. The van der Waals surface area contributed by atoms with Gasteiger partial charge in [0.15, 0.2) is 0 Å². The van der Waals surface area contributed by atoms with E-state index in [0.29, 0.717) is 38.3 Å². The summed E-state index contributed by atoms with van der Waals surface area (Å²) in [7, 11) is 1.71. The number of nitrogens with zero attached hydrogens (tertiary/aromatic N) is 3. The Bertz CT molecular complexity index is 1080. The number of aliphatic imine (C=N–C) groups is 1. The van der Waals surface area contributed by atoms with Gasteiger partial charge in [-0.05, 0) is 24.8 Å². The lowest BCUT2D eigenvalue weighted by Crippen LogP contribution is -2.45. The number of likely N-dealkylation sites (N-methyl/N-ethyl adjacent to an activating group) is 1. The van der Waals surface area contributed by atoms with Crippen LogP contribution in [0.5, 0.6) is 0 Å². The molecule has 0 fully saturated rings. The van der Waals surface area contributed by atoms with Gasteiger partial charge in [0.25, 0.3) is 0 Å². The Kier molecular flexibility index (Phi) is 12.6. The van der Waals surface area contributed by atoms with Crippen molar-refractivity contribution >= 4 is 46.2 Å². The summed E-state index contributed by atoms with van der Waals surface area (Å²) < 4.78 is 5.33. The molecular formula is C27H38N6O4S2. The summed E-state index contributed by atoms with van der Waals surface area (Å²) in [6.07, 6.45) is 3.14. The highest BCUT2D eigenvalue weighted by Gasteiger charge is 2.23. The Hall–Kier alpha value is -3.12. The molecule has 3 rings (SSSR count). The van der Waals surface area contributed by atoms with Gasteiger partial charge < -0.3 is 25.6 Å². The van der Waals surface area contributed by atoms with Crippen molar-refractivity contribution in [2.75, 3.05) is 32.4 Å². The topological polar surface area (TPSA) is 125 Å². The van der Waals surface area contributed by atoms with E-state index in [-0.39, 0.29) is 37.2 Å². The number of hydrogen-bond acceptors (Lipinski definition) is 8. The maximum Gasteiger partial charge on any atom is 0.407 e. The Morgan fingerprint density at radius 2 is 1.97 bits per heavy atom. The normalized spacial score (nSPS) is 15.4. The predicted molar refractivity (Wildman–Crippen MR) is 156 cm³/mol. The van der Waals surface area contributed by atoms with Gasteiger partial charge in [0.2, 0.25) is 5.91 Å². The number of amides is 4. The quantitative estimate of drug-likeness (QED) is 0.296. The van der Waals surface area contributed by atoms with Crippen LogP contribution in [0, 0.1) is 5.92 Å². The molecule has 2 atom stereocenters. The van der Waals surface area contributed by atoms with Crippen LogP contribution in [0.2, 0.25) is 0 Å². The van der Waals surface area contributed by atoms with Crippen molar-refractivity contribution in [1.29, 1.82) is 0 Å². The number of carbonyl (C=O) groups is 3. The summed E-state index contributed by atoms with van der Waals surface area (Å²) in [5.41, 5.74) is 2.79. The number of nitrogens with one attached hydrogen (secondary N) is 3. The highest BCUT2D eigenvalue weighted by atomic mass is 32.2. The van der Waals surface area contributed by atoms with E-state index in [1.165, 1.54) is 11.3 Å². The van der Waals surface area contributed by atoms with Crippen molar-refractivity contribution in [3.05, 3.63) is 52.5 Å². The number of carbonyl (C=O) groups excluding carboxylic acids is 3. The van der Waals surface area contributed by atoms with Gasteiger partial charge in [-0.15, -0.1) is 23.1 Å². The van der Waals surface area contributed by atoms with Crippen molar-refractivity contribution in [3.8, 4) is 0 Å². The van der Waals surface area contributed by atoms with Gasteiger partial charge in [-0.25, -0.2) is 9.59 Å². The molecule has 1 aromatic heterocycles. The lowest BCUT2D eigenvalue weighted by Gasteiger charge is -2.20. The van der Waals surface area contributed by atoms with Gasteiger partial charge in [-0.3, -0.25) is 14.8 Å². The van der Waals surface area contributed by atoms with Gasteiger partial charge in [0, 0.05) is 44.0 Å². The Morgan fingerprint density at radius 1 is 1.18 bits per heavy atom. The Morgan fingerprint density at radius 3 is 2.67 bits per heavy atom. The zero-order chi connectivity index (χ0) is 28.0. The monoisotopic (exact) mass is 574 g/mol. The van der Waals surface area contributed by atoms with Crippen LogP contribution in [0.3, 0.4) is 0 Å². The molecule has 1 aliphatic heterocycles. The highest BCUT2D eigenvalue weighted by molar-refractivity contribution is 8.14. The van der Waals surface area contributed by atoms with Crippen LogP contribution in [-0.2, 0) is 22.6 Å². The second-order valence-electron chi connectivity index (χ2n) is 9.69. The first-order valence-electron chi connectivity index (χ1n) is 13.1. The summed E-state index contributed by atoms with van der Waals surface area (Å²) in [4.78, 5) is 48.1. The number of alkyl carbamates (subject to hydrolysis) is 1. The summed E-state index contributed by atoms with van der Waals surface area (Å²) in [6, 6.07) is 9.53. The summed E-state index contributed by atoms with van der Waals surface area (Å²) >= 11 is 3.17. The van der Waals surface area contributed by atoms with E-state index >= 15 is 0 Å². The second kappa shape index (κ2) is 16.1. The number of hydrogen-bond donors (Lipinski definition) is 3. The molecule has 0 radical (unpaired) electrons. The first-order valence-corrected chi connectivity index (χ1v) is 15.0. The summed E-state index contributed by atoms with van der Waals surface area (Å²) in [5, 5.41) is 9.58. The number of ether oxygens (including phenoxy) is 1. The third-order valence-corrected chi connectivity index (χ3v) is 8.16. The minimum absolute atomic E-state index is 0.0828. The van der Waals surface area contributed by atoms with E-state index < -0.39 is 6.09 Å². The van der Waals surface area contributed by atoms with E-state index in [2.05, 4.69) is 39.8 Å². The number of thiazole rings is 1. The van der Waals surface area contributed by atoms with Crippen LogP contribution >= 0.6 is 23.1 Å². The molecule has 0 bridgehead atoms. The fraction of sp³-hybridized carbons (Fsp3) is 0.519. The standard InChI is InChI=1S/C27H38N6O4S2/c1-19(2)25-31-22(17-38-25)15-33(3)26(35)30-14-24(34)29-11-7-10-21(12-20-8-5-4-6-9-20)32-27(36)37-16-23-13-28-18-39-23/h4-6,8-9,13,18-19,21-22H,7,10-12,14-17H2,1-3H3,(H,29,34)(H,30,35)(H,32,36)/t21-,22?/m0/s1. The average molecular weight is 575 g/mol. The highest BCUT2D eigenvalue weighted by Crippen LogP contribution is 2.23. The van der Waals surface area contributed by atoms with Crippen LogP contribution in [0.1, 0.15) is 37.1 Å². The molecular weight excluding hydrogens is 536 g/mol. The van der Waals surface area contributed by atoms with E-state index in [4.69, 9.17) is 4.74 Å². The third kappa shape index (κ3) is 11.3. The predicted octanol–water partition coefficient (Wildman–Crippen LogP) is 3.69. The lowest BCUT2D eigenvalue weighted by molar-refractivity contribution is -0.120. The molecule has 212 valence electrons. The molecule has 10 nitrogen and oxygen atoms in total. The van der Waals surface area contributed by atoms with Crippen LogP contribution in [-0.4, -0.2) is 77.5 Å². The van der Waals surface area contributed by atoms with E-state index in [1.54, 1.807) is 35.4 Å². The molecule has 2 aromatic rings. The summed E-state index contributed by atoms with van der Waals surface area (Å²) in [6.45, 7) is 5.25. The van der Waals surface area contributed by atoms with Crippen molar-refractivity contribution in [2.24, 2.45) is 10.9 Å². The molecule has 1 aromatic carbocycles. The minimum atomic E-state index is -0.484. The molecule has 12 heteroatoms. The molecule has 2 heterocycles. The smallest absolute Gasteiger partial charge is 0.407 e. The maximum atomic E-state index is 12.4. The fourth-order valence-electron chi connectivity index (χ4n) is 3.96. The fourth-order valence-corrected chi connectivity index (χ4v) is 5.56. The maximum absolute atomic E-state index is 12.4. The molecule has 3 N–H and O–H groups in total. The van der Waals surface area contributed by atoms with Crippen LogP contribution in [0.4, 0.5) is 9.59 Å². The Labute approximate surface area is 238 Å². The molecule has 0 aliphatic carbocycles. The second-order valence-corrected chi connectivity index (χ2v) is 11.7. The molecule has 0 saturated heterocycles. The molecule has 0 saturated carbocycles. The largest absolute Gasteiger partial charge is 0.444 e. The minimum Gasteiger partial charge on any atom is -0.444 e. The zero-order valence-corrected chi connectivity index (χ0v) is 24.4. The Balaban J connectivity index is 1.35. The van der Waals surface area contributed by atoms with Crippen molar-refractivity contribution in [2.45, 2.75) is 51.8 Å². The van der Waals surface area contributed by atoms with Crippen molar-refractivity contribution < 1.29 is 19.1 Å². The molecule has 39 heavy (non-hydrogen) atoms. The average Bonchev–Trinajstić information content (AvgIpc) is 3.61. The van der Waals surface area contributed by atoms with Crippen molar-refractivity contribution in [3.63, 3.8) is 0 Å². The third-order valence-electron chi connectivity index (χ3n) is 5.99. The van der Waals surface area contributed by atoms with Gasteiger partial charge >= 0.3 is 12.1 Å². The number of thioether (sulfide) groups is 1. The summed E-state index contributed by atoms with van der Waals surface area (Å²) in [5.74, 6) is 1.01. The van der Waals surface area contributed by atoms with E-state index in [0.717, 1.165) is 21.2 Å². The van der Waals surface area contributed by atoms with E-state index in [1.807, 2.05) is 30.3 Å². The number of benzene rings is 1. The molecule has 4 amide bonds. The first kappa shape index (κ1) is 30.4. The van der Waals surface area contributed by atoms with Gasteiger partial charge in [0.1, 0.15) is 6.61 Å². The molecule has 0 spiro atoms.